The van der Waals surface area contributed by atoms with E-state index in [0.29, 0.717) is 0 Å². The van der Waals surface area contributed by atoms with E-state index in [4.69, 9.17) is 4.74 Å². The van der Waals surface area contributed by atoms with Crippen molar-refractivity contribution in [2.24, 2.45) is 0 Å². The number of para-hydroxylation sites is 1. The maximum Gasteiger partial charge on any atom is 0.321 e. The molecule has 0 unspecified atom stereocenters. The summed E-state index contributed by atoms with van der Waals surface area (Å²) in [5.74, 6) is -1.20. The standard InChI is InChI=1S/C20H26N4O4S/c1-13-18(14(2)24(23-13)15-9-7-6-8-10-15)29-12-17(26)28-11-16(25)21-19(27)22-20(3,4)5/h6-10H,11-12H2,1-5H3,(H2,21,22,25,27). The Morgan fingerprint density at radius 1 is 1.14 bits per heavy atom. The summed E-state index contributed by atoms with van der Waals surface area (Å²) in [6.45, 7) is 8.66. The van der Waals surface area contributed by atoms with Crippen LogP contribution in [0.15, 0.2) is 35.2 Å². The maximum atomic E-state index is 12.0. The average molecular weight is 419 g/mol. The Bertz CT molecular complexity index is 888. The highest BCUT2D eigenvalue weighted by Gasteiger charge is 2.18. The Morgan fingerprint density at radius 3 is 2.41 bits per heavy atom. The van der Waals surface area contributed by atoms with Gasteiger partial charge in [0, 0.05) is 5.54 Å². The summed E-state index contributed by atoms with van der Waals surface area (Å²) in [5, 5.41) is 9.24. The van der Waals surface area contributed by atoms with Crippen LogP contribution in [0.2, 0.25) is 0 Å². The Balaban J connectivity index is 1.85. The molecule has 2 aromatic rings. The second-order valence-electron chi connectivity index (χ2n) is 7.45. The first-order chi connectivity index (χ1) is 13.6. The number of carbonyl (C=O) groups excluding carboxylic acids is 3. The lowest BCUT2D eigenvalue weighted by Gasteiger charge is -2.20. The summed E-state index contributed by atoms with van der Waals surface area (Å²) in [6, 6.07) is 9.08. The molecule has 156 valence electrons. The molecule has 1 aromatic carbocycles. The molecule has 0 saturated carbocycles. The molecule has 0 aliphatic rings. The average Bonchev–Trinajstić information content (AvgIpc) is 2.91. The Labute approximate surface area is 174 Å². The third-order valence-electron chi connectivity index (χ3n) is 3.67. The number of urea groups is 1. The quantitative estimate of drug-likeness (QED) is 0.552. The third kappa shape index (κ3) is 6.94. The van der Waals surface area contributed by atoms with E-state index in [-0.39, 0.29) is 5.75 Å². The second kappa shape index (κ2) is 9.60. The molecule has 8 nitrogen and oxygen atoms in total. The lowest BCUT2D eigenvalue weighted by Crippen LogP contribution is -2.49. The molecule has 3 amide bonds. The van der Waals surface area contributed by atoms with Crippen molar-refractivity contribution in [1.29, 1.82) is 0 Å². The Kier molecular flexibility index (Phi) is 7.44. The molecule has 9 heteroatoms. The van der Waals surface area contributed by atoms with Crippen molar-refractivity contribution in [1.82, 2.24) is 20.4 Å². The monoisotopic (exact) mass is 418 g/mol. The number of rotatable bonds is 6. The summed E-state index contributed by atoms with van der Waals surface area (Å²) in [5.41, 5.74) is 2.19. The first-order valence-corrected chi connectivity index (χ1v) is 10.1. The van der Waals surface area contributed by atoms with Crippen LogP contribution in [-0.4, -0.2) is 45.6 Å². The normalized spacial score (nSPS) is 11.1. The molecule has 0 fully saturated rings. The lowest BCUT2D eigenvalue weighted by molar-refractivity contribution is -0.145. The van der Waals surface area contributed by atoms with Gasteiger partial charge in [-0.1, -0.05) is 18.2 Å². The number of nitrogens with zero attached hydrogens (tertiary/aromatic N) is 2. The van der Waals surface area contributed by atoms with Crippen LogP contribution in [0.1, 0.15) is 32.2 Å². The zero-order chi connectivity index (χ0) is 21.6. The van der Waals surface area contributed by atoms with Crippen LogP contribution < -0.4 is 10.6 Å². The van der Waals surface area contributed by atoms with Crippen LogP contribution in [0.25, 0.3) is 5.69 Å². The van der Waals surface area contributed by atoms with Gasteiger partial charge >= 0.3 is 12.0 Å². The summed E-state index contributed by atoms with van der Waals surface area (Å²) in [4.78, 5) is 36.2. The highest BCUT2D eigenvalue weighted by Crippen LogP contribution is 2.27. The topological polar surface area (TPSA) is 102 Å². The van der Waals surface area contributed by atoms with E-state index in [2.05, 4.69) is 15.7 Å². The van der Waals surface area contributed by atoms with Crippen molar-refractivity contribution in [3.05, 3.63) is 41.7 Å². The largest absolute Gasteiger partial charge is 0.455 e. The first kappa shape index (κ1) is 22.5. The summed E-state index contributed by atoms with van der Waals surface area (Å²) in [7, 11) is 0. The van der Waals surface area contributed by atoms with Gasteiger partial charge < -0.3 is 10.1 Å². The van der Waals surface area contributed by atoms with Gasteiger partial charge in [0.1, 0.15) is 0 Å². The van der Waals surface area contributed by atoms with Crippen LogP contribution in [-0.2, 0) is 14.3 Å². The summed E-state index contributed by atoms with van der Waals surface area (Å²) < 4.78 is 6.77. The van der Waals surface area contributed by atoms with Crippen molar-refractivity contribution in [2.45, 2.75) is 45.1 Å². The van der Waals surface area contributed by atoms with Gasteiger partial charge in [-0.2, -0.15) is 5.10 Å². The number of amides is 3. The third-order valence-corrected chi connectivity index (χ3v) is 4.93. The number of thioether (sulfide) groups is 1. The van der Waals surface area contributed by atoms with Crippen LogP contribution in [0.4, 0.5) is 4.79 Å². The van der Waals surface area contributed by atoms with Crippen molar-refractivity contribution in [3.63, 3.8) is 0 Å². The Hall–Kier alpha value is -2.81. The molecule has 0 saturated heterocycles. The zero-order valence-corrected chi connectivity index (χ0v) is 18.1. The molecule has 2 N–H and O–H groups in total. The van der Waals surface area contributed by atoms with Crippen LogP contribution in [0.3, 0.4) is 0 Å². The molecule has 0 aliphatic heterocycles. The lowest BCUT2D eigenvalue weighted by atomic mass is 10.1. The van der Waals surface area contributed by atoms with Gasteiger partial charge in [-0.15, -0.1) is 11.8 Å². The molecule has 0 spiro atoms. The highest BCUT2D eigenvalue weighted by atomic mass is 32.2. The highest BCUT2D eigenvalue weighted by molar-refractivity contribution is 8.00. The van der Waals surface area contributed by atoms with Crippen molar-refractivity contribution >= 4 is 29.7 Å². The number of hydrogen-bond acceptors (Lipinski definition) is 6. The van der Waals surface area contributed by atoms with Crippen molar-refractivity contribution in [2.75, 3.05) is 12.4 Å². The summed E-state index contributed by atoms with van der Waals surface area (Å²) >= 11 is 1.30. The second-order valence-corrected chi connectivity index (χ2v) is 8.43. The fourth-order valence-corrected chi connectivity index (χ4v) is 3.40. The maximum absolute atomic E-state index is 12.0. The molecular formula is C20H26N4O4S. The minimum atomic E-state index is -0.686. The smallest absolute Gasteiger partial charge is 0.321 e. The number of carbonyl (C=O) groups is 3. The molecular weight excluding hydrogens is 392 g/mol. The van der Waals surface area contributed by atoms with E-state index in [1.807, 2.05) is 48.9 Å². The number of ether oxygens (including phenoxy) is 1. The predicted octanol–water partition coefficient (Wildman–Crippen LogP) is 2.75. The molecule has 1 heterocycles. The molecule has 1 aromatic heterocycles. The van der Waals surface area contributed by atoms with E-state index < -0.39 is 30.1 Å². The van der Waals surface area contributed by atoms with E-state index >= 15 is 0 Å². The number of esters is 1. The number of imide groups is 1. The van der Waals surface area contributed by atoms with Crippen molar-refractivity contribution < 1.29 is 19.1 Å². The first-order valence-electron chi connectivity index (χ1n) is 9.09. The van der Waals surface area contributed by atoms with Crippen molar-refractivity contribution in [3.8, 4) is 5.69 Å². The molecule has 29 heavy (non-hydrogen) atoms. The van der Waals surface area contributed by atoms with Crippen LogP contribution >= 0.6 is 11.8 Å². The van der Waals surface area contributed by atoms with Crippen LogP contribution in [0.5, 0.6) is 0 Å². The minimum absolute atomic E-state index is 0.0314. The van der Waals surface area contributed by atoms with Gasteiger partial charge in [0.2, 0.25) is 0 Å². The van der Waals surface area contributed by atoms with Gasteiger partial charge in [-0.05, 0) is 46.8 Å². The molecule has 0 aliphatic carbocycles. The van der Waals surface area contributed by atoms with E-state index in [1.165, 1.54) is 11.8 Å². The molecule has 2 rings (SSSR count). The van der Waals surface area contributed by atoms with Crippen LogP contribution in [0, 0.1) is 13.8 Å². The van der Waals surface area contributed by atoms with Gasteiger partial charge in [0.05, 0.1) is 27.7 Å². The number of aromatic nitrogens is 2. The number of aryl methyl sites for hydroxylation is 1. The van der Waals surface area contributed by atoms with E-state index in [9.17, 15) is 14.4 Å². The number of nitrogens with one attached hydrogen (secondary N) is 2. The van der Waals surface area contributed by atoms with Gasteiger partial charge in [-0.25, -0.2) is 9.48 Å². The number of hydrogen-bond donors (Lipinski definition) is 2. The van der Waals surface area contributed by atoms with E-state index in [0.717, 1.165) is 22.0 Å². The fraction of sp³-hybridized carbons (Fsp3) is 0.400. The fourth-order valence-electron chi connectivity index (χ4n) is 2.51. The predicted molar refractivity (Wildman–Crippen MR) is 111 cm³/mol. The SMILES string of the molecule is Cc1nn(-c2ccccc2)c(C)c1SCC(=O)OCC(=O)NC(=O)NC(C)(C)C. The molecule has 0 radical (unpaired) electrons. The van der Waals surface area contributed by atoms with Gasteiger partial charge in [0.25, 0.3) is 5.91 Å². The van der Waals surface area contributed by atoms with Gasteiger partial charge in [-0.3, -0.25) is 14.9 Å². The Morgan fingerprint density at radius 2 is 1.79 bits per heavy atom. The minimum Gasteiger partial charge on any atom is -0.455 e. The molecule has 0 bridgehead atoms. The summed E-state index contributed by atoms with van der Waals surface area (Å²) in [6.07, 6.45) is 0. The van der Waals surface area contributed by atoms with E-state index in [1.54, 1.807) is 20.8 Å². The number of benzene rings is 1. The van der Waals surface area contributed by atoms with Gasteiger partial charge in [0.15, 0.2) is 6.61 Å². The molecule has 0 atom stereocenters. The zero-order valence-electron chi connectivity index (χ0n) is 17.2.